The zero-order valence-corrected chi connectivity index (χ0v) is 11.3. The lowest BCUT2D eigenvalue weighted by molar-refractivity contribution is 0.0696. The molecule has 1 atom stereocenters. The van der Waals surface area contributed by atoms with Gasteiger partial charge in [0.1, 0.15) is 10.4 Å². The third-order valence-electron chi connectivity index (χ3n) is 3.01. The standard InChI is InChI=1S/C12H15BrN2O2/c1-8-3-2-4-15(7-8)11-6-9(12(16)17)5-10(13)14-11/h5-6,8H,2-4,7H2,1H3,(H,16,17). The van der Waals surface area contributed by atoms with Gasteiger partial charge in [0.15, 0.2) is 0 Å². The van der Waals surface area contributed by atoms with Gasteiger partial charge >= 0.3 is 5.97 Å². The molecule has 1 aromatic rings. The van der Waals surface area contributed by atoms with Crippen molar-refractivity contribution in [3.63, 3.8) is 0 Å². The lowest BCUT2D eigenvalue weighted by Gasteiger charge is -2.32. The van der Waals surface area contributed by atoms with E-state index < -0.39 is 5.97 Å². The second-order valence-electron chi connectivity index (χ2n) is 4.54. The molecular weight excluding hydrogens is 284 g/mol. The first-order valence-electron chi connectivity index (χ1n) is 5.72. The number of hydrogen-bond acceptors (Lipinski definition) is 3. The van der Waals surface area contributed by atoms with Gasteiger partial charge in [0.25, 0.3) is 0 Å². The highest BCUT2D eigenvalue weighted by molar-refractivity contribution is 9.10. The normalized spacial score (nSPS) is 20.4. The minimum atomic E-state index is -0.917. The van der Waals surface area contributed by atoms with E-state index in [-0.39, 0.29) is 5.56 Å². The van der Waals surface area contributed by atoms with Crippen molar-refractivity contribution >= 4 is 27.7 Å². The van der Waals surface area contributed by atoms with Crippen molar-refractivity contribution in [2.45, 2.75) is 19.8 Å². The average molecular weight is 299 g/mol. The van der Waals surface area contributed by atoms with Crippen LogP contribution in [0.4, 0.5) is 5.82 Å². The monoisotopic (exact) mass is 298 g/mol. The summed E-state index contributed by atoms with van der Waals surface area (Å²) in [5.74, 6) is 0.473. The summed E-state index contributed by atoms with van der Waals surface area (Å²) in [6.45, 7) is 4.11. The van der Waals surface area contributed by atoms with Crippen LogP contribution in [0, 0.1) is 5.92 Å². The van der Waals surface area contributed by atoms with Gasteiger partial charge in [0.2, 0.25) is 0 Å². The number of pyridine rings is 1. The van der Waals surface area contributed by atoms with E-state index in [1.807, 2.05) is 0 Å². The minimum absolute atomic E-state index is 0.278. The summed E-state index contributed by atoms with van der Waals surface area (Å²) in [4.78, 5) is 17.5. The van der Waals surface area contributed by atoms with E-state index in [1.165, 1.54) is 12.5 Å². The number of carboxylic acids is 1. The Morgan fingerprint density at radius 1 is 1.59 bits per heavy atom. The van der Waals surface area contributed by atoms with Crippen molar-refractivity contribution < 1.29 is 9.90 Å². The minimum Gasteiger partial charge on any atom is -0.478 e. The first kappa shape index (κ1) is 12.4. The molecule has 1 aliphatic heterocycles. The van der Waals surface area contributed by atoms with Crippen molar-refractivity contribution in [2.24, 2.45) is 5.92 Å². The molecule has 17 heavy (non-hydrogen) atoms. The predicted octanol–water partition coefficient (Wildman–Crippen LogP) is 2.78. The van der Waals surface area contributed by atoms with Gasteiger partial charge in [-0.25, -0.2) is 9.78 Å². The molecule has 0 amide bonds. The van der Waals surface area contributed by atoms with Gasteiger partial charge in [-0.3, -0.25) is 0 Å². The van der Waals surface area contributed by atoms with Gasteiger partial charge in [-0.15, -0.1) is 0 Å². The molecule has 4 nitrogen and oxygen atoms in total. The Kier molecular flexibility index (Phi) is 3.66. The van der Waals surface area contributed by atoms with E-state index in [1.54, 1.807) is 6.07 Å². The Hall–Kier alpha value is -1.10. The molecule has 1 aromatic heterocycles. The number of hydrogen-bond donors (Lipinski definition) is 1. The van der Waals surface area contributed by atoms with Crippen LogP contribution in [0.25, 0.3) is 0 Å². The fourth-order valence-electron chi connectivity index (χ4n) is 2.17. The van der Waals surface area contributed by atoms with Gasteiger partial charge < -0.3 is 10.0 Å². The van der Waals surface area contributed by atoms with Crippen LogP contribution < -0.4 is 4.90 Å². The van der Waals surface area contributed by atoms with E-state index in [2.05, 4.69) is 32.7 Å². The fraction of sp³-hybridized carbons (Fsp3) is 0.500. The number of aromatic nitrogens is 1. The summed E-state index contributed by atoms with van der Waals surface area (Å²) in [6, 6.07) is 3.17. The topological polar surface area (TPSA) is 53.4 Å². The Bertz CT molecular complexity index is 437. The predicted molar refractivity (Wildman–Crippen MR) is 69.5 cm³/mol. The Morgan fingerprint density at radius 2 is 2.35 bits per heavy atom. The molecule has 0 spiro atoms. The SMILES string of the molecule is CC1CCCN(c2cc(C(=O)O)cc(Br)n2)C1. The molecule has 1 unspecified atom stereocenters. The number of halogens is 1. The zero-order valence-electron chi connectivity index (χ0n) is 9.69. The molecule has 1 N–H and O–H groups in total. The number of anilines is 1. The summed E-state index contributed by atoms with van der Waals surface area (Å²) in [5, 5.41) is 9.02. The average Bonchev–Trinajstić information content (AvgIpc) is 2.28. The Morgan fingerprint density at radius 3 is 3.00 bits per heavy atom. The molecule has 5 heteroatoms. The molecule has 92 valence electrons. The number of piperidine rings is 1. The molecule has 0 bridgehead atoms. The fourth-order valence-corrected chi connectivity index (χ4v) is 2.59. The van der Waals surface area contributed by atoms with Crippen LogP contribution in [0.5, 0.6) is 0 Å². The number of nitrogens with zero attached hydrogens (tertiary/aromatic N) is 2. The van der Waals surface area contributed by atoms with Crippen molar-refractivity contribution in [1.29, 1.82) is 0 Å². The second kappa shape index (κ2) is 5.04. The maximum absolute atomic E-state index is 11.0. The van der Waals surface area contributed by atoms with E-state index in [9.17, 15) is 4.79 Å². The summed E-state index contributed by atoms with van der Waals surface area (Å²) in [5.41, 5.74) is 0.278. The highest BCUT2D eigenvalue weighted by Gasteiger charge is 2.19. The summed E-state index contributed by atoms with van der Waals surface area (Å²) in [6.07, 6.45) is 2.37. The van der Waals surface area contributed by atoms with Crippen LogP contribution >= 0.6 is 15.9 Å². The summed E-state index contributed by atoms with van der Waals surface area (Å²) in [7, 11) is 0. The van der Waals surface area contributed by atoms with Crippen LogP contribution in [0.3, 0.4) is 0 Å². The highest BCUT2D eigenvalue weighted by atomic mass is 79.9. The smallest absolute Gasteiger partial charge is 0.335 e. The van der Waals surface area contributed by atoms with Crippen LogP contribution in [-0.4, -0.2) is 29.1 Å². The molecule has 0 aromatic carbocycles. The molecule has 1 aliphatic rings. The van der Waals surface area contributed by atoms with E-state index in [0.717, 1.165) is 25.3 Å². The molecular formula is C12H15BrN2O2. The molecule has 2 heterocycles. The first-order chi connectivity index (χ1) is 8.06. The van der Waals surface area contributed by atoms with Crippen molar-refractivity contribution in [3.8, 4) is 0 Å². The number of carbonyl (C=O) groups is 1. The summed E-state index contributed by atoms with van der Waals surface area (Å²) < 4.78 is 0.575. The molecule has 1 saturated heterocycles. The van der Waals surface area contributed by atoms with E-state index >= 15 is 0 Å². The van der Waals surface area contributed by atoms with Crippen LogP contribution in [-0.2, 0) is 0 Å². The van der Waals surface area contributed by atoms with Crippen LogP contribution in [0.2, 0.25) is 0 Å². The summed E-state index contributed by atoms with van der Waals surface area (Å²) >= 11 is 3.26. The maximum atomic E-state index is 11.0. The number of aromatic carboxylic acids is 1. The second-order valence-corrected chi connectivity index (χ2v) is 5.35. The third-order valence-corrected chi connectivity index (χ3v) is 3.41. The van der Waals surface area contributed by atoms with Gasteiger partial charge in [0, 0.05) is 13.1 Å². The van der Waals surface area contributed by atoms with Crippen LogP contribution in [0.15, 0.2) is 16.7 Å². The van der Waals surface area contributed by atoms with Crippen molar-refractivity contribution in [3.05, 3.63) is 22.3 Å². The molecule has 1 fully saturated rings. The Labute approximate surface area is 109 Å². The zero-order chi connectivity index (χ0) is 12.4. The van der Waals surface area contributed by atoms with Gasteiger partial charge in [0.05, 0.1) is 5.56 Å². The lowest BCUT2D eigenvalue weighted by atomic mass is 10.0. The third kappa shape index (κ3) is 2.97. The van der Waals surface area contributed by atoms with Gasteiger partial charge in [-0.1, -0.05) is 6.92 Å². The van der Waals surface area contributed by atoms with E-state index in [4.69, 9.17) is 5.11 Å². The molecule has 0 radical (unpaired) electrons. The largest absolute Gasteiger partial charge is 0.478 e. The van der Waals surface area contributed by atoms with Gasteiger partial charge in [-0.2, -0.15) is 0 Å². The first-order valence-corrected chi connectivity index (χ1v) is 6.51. The van der Waals surface area contributed by atoms with E-state index in [0.29, 0.717) is 10.5 Å². The lowest BCUT2D eigenvalue weighted by Crippen LogP contribution is -2.34. The number of carboxylic acid groups (broad SMARTS) is 1. The highest BCUT2D eigenvalue weighted by Crippen LogP contribution is 2.24. The van der Waals surface area contributed by atoms with Crippen molar-refractivity contribution in [1.82, 2.24) is 4.98 Å². The Balaban J connectivity index is 2.28. The molecule has 0 saturated carbocycles. The van der Waals surface area contributed by atoms with Crippen molar-refractivity contribution in [2.75, 3.05) is 18.0 Å². The van der Waals surface area contributed by atoms with Crippen LogP contribution in [0.1, 0.15) is 30.1 Å². The molecule has 2 rings (SSSR count). The quantitative estimate of drug-likeness (QED) is 0.853. The van der Waals surface area contributed by atoms with Gasteiger partial charge in [-0.05, 0) is 46.8 Å². The number of rotatable bonds is 2. The molecule has 0 aliphatic carbocycles. The maximum Gasteiger partial charge on any atom is 0.335 e.